The number of carboxylic acid groups (broad SMARTS) is 1. The lowest BCUT2D eigenvalue weighted by molar-refractivity contribution is -0.137. The molecule has 1 aromatic heterocycles. The summed E-state index contributed by atoms with van der Waals surface area (Å²) in [5.41, 5.74) is 1.38. The lowest BCUT2D eigenvalue weighted by atomic mass is 9.90. The molecule has 2 rings (SSSR count). The van der Waals surface area contributed by atoms with Crippen LogP contribution in [-0.4, -0.2) is 40.6 Å². The normalized spacial score (nSPS) is 17.8. The number of pyridine rings is 1. The van der Waals surface area contributed by atoms with Gasteiger partial charge in [-0.25, -0.2) is 0 Å². The fourth-order valence-electron chi connectivity index (χ4n) is 2.58. The van der Waals surface area contributed by atoms with Crippen LogP contribution in [0.3, 0.4) is 0 Å². The van der Waals surface area contributed by atoms with Gasteiger partial charge in [-0.2, -0.15) is 0 Å². The third-order valence-corrected chi connectivity index (χ3v) is 3.63. The number of aliphatic carboxylic acids is 1. The van der Waals surface area contributed by atoms with E-state index < -0.39 is 5.97 Å². The highest BCUT2D eigenvalue weighted by Crippen LogP contribution is 2.27. The van der Waals surface area contributed by atoms with E-state index in [-0.39, 0.29) is 6.42 Å². The summed E-state index contributed by atoms with van der Waals surface area (Å²) >= 11 is 0. The fraction of sp³-hybridized carbons (Fsp3) is 0.571. The summed E-state index contributed by atoms with van der Waals surface area (Å²) in [6, 6.07) is 4.20. The maximum Gasteiger partial charge on any atom is 0.303 e. The number of hydrogen-bond donors (Lipinski definition) is 1. The van der Waals surface area contributed by atoms with Crippen molar-refractivity contribution in [3.8, 4) is 0 Å². The average Bonchev–Trinajstić information content (AvgIpc) is 2.40. The molecule has 1 aliphatic heterocycles. The maximum atomic E-state index is 10.5. The molecule has 1 N–H and O–H groups in total. The van der Waals surface area contributed by atoms with E-state index in [9.17, 15) is 4.79 Å². The van der Waals surface area contributed by atoms with E-state index in [1.165, 1.54) is 5.56 Å². The summed E-state index contributed by atoms with van der Waals surface area (Å²) < 4.78 is 0. The summed E-state index contributed by atoms with van der Waals surface area (Å²) in [5.74, 6) is -0.0506. The van der Waals surface area contributed by atoms with Crippen LogP contribution < -0.4 is 0 Å². The van der Waals surface area contributed by atoms with E-state index in [0.717, 1.165) is 38.9 Å². The molecule has 1 saturated heterocycles. The zero-order chi connectivity index (χ0) is 12.8. The van der Waals surface area contributed by atoms with Gasteiger partial charge >= 0.3 is 5.97 Å². The largest absolute Gasteiger partial charge is 0.481 e. The van der Waals surface area contributed by atoms with Crippen LogP contribution >= 0.6 is 0 Å². The molecule has 98 valence electrons. The van der Waals surface area contributed by atoms with Crippen molar-refractivity contribution in [3.05, 3.63) is 30.1 Å². The molecule has 0 bridgehead atoms. The molecule has 0 unspecified atom stereocenters. The number of aromatic nitrogens is 1. The van der Waals surface area contributed by atoms with Crippen LogP contribution in [0.4, 0.5) is 0 Å². The van der Waals surface area contributed by atoms with Gasteiger partial charge in [0.25, 0.3) is 0 Å². The van der Waals surface area contributed by atoms with Crippen LogP contribution in [0.1, 0.15) is 37.2 Å². The second-order valence-electron chi connectivity index (χ2n) is 4.89. The van der Waals surface area contributed by atoms with Crippen molar-refractivity contribution in [2.75, 3.05) is 19.6 Å². The van der Waals surface area contributed by atoms with Crippen molar-refractivity contribution in [2.45, 2.75) is 31.6 Å². The van der Waals surface area contributed by atoms with E-state index in [0.29, 0.717) is 5.92 Å². The zero-order valence-corrected chi connectivity index (χ0v) is 10.6. The number of rotatable bonds is 5. The van der Waals surface area contributed by atoms with Gasteiger partial charge in [0.1, 0.15) is 0 Å². The molecule has 4 heteroatoms. The van der Waals surface area contributed by atoms with Crippen molar-refractivity contribution in [3.63, 3.8) is 0 Å². The molecule has 1 aliphatic rings. The Morgan fingerprint density at radius 2 is 2.00 bits per heavy atom. The topological polar surface area (TPSA) is 53.4 Å². The molecule has 0 spiro atoms. The first-order valence-electron chi connectivity index (χ1n) is 6.60. The Kier molecular flexibility index (Phi) is 4.70. The number of hydrogen-bond acceptors (Lipinski definition) is 3. The summed E-state index contributed by atoms with van der Waals surface area (Å²) in [4.78, 5) is 16.9. The van der Waals surface area contributed by atoms with Gasteiger partial charge in [-0.1, -0.05) is 0 Å². The summed E-state index contributed by atoms with van der Waals surface area (Å²) in [6.45, 7) is 3.06. The smallest absolute Gasteiger partial charge is 0.303 e. The second kappa shape index (κ2) is 6.50. The van der Waals surface area contributed by atoms with Gasteiger partial charge in [-0.3, -0.25) is 9.78 Å². The third kappa shape index (κ3) is 3.81. The van der Waals surface area contributed by atoms with Crippen molar-refractivity contribution in [2.24, 2.45) is 0 Å². The highest BCUT2D eigenvalue weighted by molar-refractivity contribution is 5.66. The molecule has 18 heavy (non-hydrogen) atoms. The number of carboxylic acids is 1. The number of carbonyl (C=O) groups is 1. The summed E-state index contributed by atoms with van der Waals surface area (Å²) in [7, 11) is 0. The molecule has 2 heterocycles. The SMILES string of the molecule is O=C(O)CCCN1CCC(c2ccncc2)CC1. The molecule has 0 aliphatic carbocycles. The average molecular weight is 248 g/mol. The van der Waals surface area contributed by atoms with Crippen LogP contribution in [0.2, 0.25) is 0 Å². The van der Waals surface area contributed by atoms with Gasteiger partial charge < -0.3 is 10.0 Å². The van der Waals surface area contributed by atoms with Gasteiger partial charge in [-0.15, -0.1) is 0 Å². The third-order valence-electron chi connectivity index (χ3n) is 3.63. The van der Waals surface area contributed by atoms with Gasteiger partial charge in [-0.05, 0) is 62.5 Å². The Labute approximate surface area is 108 Å². The summed E-state index contributed by atoms with van der Waals surface area (Å²) in [5, 5.41) is 8.61. The number of nitrogens with zero attached hydrogens (tertiary/aromatic N) is 2. The highest BCUT2D eigenvalue weighted by atomic mass is 16.4. The predicted octanol–water partition coefficient (Wildman–Crippen LogP) is 2.13. The first kappa shape index (κ1) is 13.0. The van der Waals surface area contributed by atoms with Crippen LogP contribution in [-0.2, 0) is 4.79 Å². The maximum absolute atomic E-state index is 10.5. The van der Waals surface area contributed by atoms with Crippen LogP contribution in [0, 0.1) is 0 Å². The van der Waals surface area contributed by atoms with Gasteiger partial charge in [0.05, 0.1) is 0 Å². The van der Waals surface area contributed by atoms with Crippen molar-refractivity contribution >= 4 is 5.97 Å². The predicted molar refractivity (Wildman–Crippen MR) is 69.5 cm³/mol. The van der Waals surface area contributed by atoms with E-state index >= 15 is 0 Å². The van der Waals surface area contributed by atoms with E-state index in [2.05, 4.69) is 22.0 Å². The Morgan fingerprint density at radius 1 is 1.33 bits per heavy atom. The van der Waals surface area contributed by atoms with E-state index in [1.54, 1.807) is 0 Å². The molecule has 0 atom stereocenters. The number of piperidine rings is 1. The Balaban J connectivity index is 1.73. The fourth-order valence-corrected chi connectivity index (χ4v) is 2.58. The number of likely N-dealkylation sites (tertiary alicyclic amines) is 1. The van der Waals surface area contributed by atoms with Gasteiger partial charge in [0.15, 0.2) is 0 Å². The zero-order valence-electron chi connectivity index (χ0n) is 10.6. The van der Waals surface area contributed by atoms with Crippen molar-refractivity contribution in [1.82, 2.24) is 9.88 Å². The molecule has 0 aromatic carbocycles. The van der Waals surface area contributed by atoms with Gasteiger partial charge in [0, 0.05) is 18.8 Å². The van der Waals surface area contributed by atoms with Crippen molar-refractivity contribution < 1.29 is 9.90 Å². The molecule has 0 amide bonds. The standard InChI is InChI=1S/C14H20N2O2/c17-14(18)2-1-9-16-10-5-13(6-11-16)12-3-7-15-8-4-12/h3-4,7-8,13H,1-2,5-6,9-11H2,(H,17,18). The van der Waals surface area contributed by atoms with Crippen LogP contribution in [0.25, 0.3) is 0 Å². The minimum atomic E-state index is -0.693. The Bertz CT molecular complexity index is 373. The van der Waals surface area contributed by atoms with Crippen molar-refractivity contribution in [1.29, 1.82) is 0 Å². The van der Waals surface area contributed by atoms with Crippen LogP contribution in [0.5, 0.6) is 0 Å². The molecule has 0 saturated carbocycles. The van der Waals surface area contributed by atoms with Crippen LogP contribution in [0.15, 0.2) is 24.5 Å². The lowest BCUT2D eigenvalue weighted by Gasteiger charge is -2.32. The van der Waals surface area contributed by atoms with E-state index in [1.807, 2.05) is 12.4 Å². The molecule has 4 nitrogen and oxygen atoms in total. The minimum absolute atomic E-state index is 0.282. The molecule has 1 aromatic rings. The molecular weight excluding hydrogens is 228 g/mol. The quantitative estimate of drug-likeness (QED) is 0.867. The highest BCUT2D eigenvalue weighted by Gasteiger charge is 2.20. The second-order valence-corrected chi connectivity index (χ2v) is 4.89. The van der Waals surface area contributed by atoms with Gasteiger partial charge in [0.2, 0.25) is 0 Å². The first-order chi connectivity index (χ1) is 8.75. The summed E-state index contributed by atoms with van der Waals surface area (Å²) in [6.07, 6.45) is 7.08. The Hall–Kier alpha value is -1.42. The minimum Gasteiger partial charge on any atom is -0.481 e. The lowest BCUT2D eigenvalue weighted by Crippen LogP contribution is -2.33. The monoisotopic (exact) mass is 248 g/mol. The Morgan fingerprint density at radius 3 is 2.61 bits per heavy atom. The molecule has 1 fully saturated rings. The molecular formula is C14H20N2O2. The first-order valence-corrected chi connectivity index (χ1v) is 6.60. The van der Waals surface area contributed by atoms with E-state index in [4.69, 9.17) is 5.11 Å². The molecule has 0 radical (unpaired) electrons.